The topological polar surface area (TPSA) is 41.5 Å². The largest absolute Gasteiger partial charge is 0.508 e. The van der Waals surface area contributed by atoms with Crippen LogP contribution < -0.4 is 10.1 Å². The summed E-state index contributed by atoms with van der Waals surface area (Å²) in [5, 5.41) is 13.7. The van der Waals surface area contributed by atoms with Crippen LogP contribution >= 0.6 is 0 Å². The van der Waals surface area contributed by atoms with Gasteiger partial charge >= 0.3 is 0 Å². The zero-order chi connectivity index (χ0) is 14.0. The van der Waals surface area contributed by atoms with Gasteiger partial charge in [0.05, 0.1) is 7.11 Å². The molecule has 0 radical (unpaired) electrons. The highest BCUT2D eigenvalue weighted by molar-refractivity contribution is 5.50. The molecule has 106 valence electrons. The van der Waals surface area contributed by atoms with Gasteiger partial charge in [0.1, 0.15) is 11.5 Å². The van der Waals surface area contributed by atoms with Crippen molar-refractivity contribution in [2.45, 2.75) is 44.9 Å². The lowest BCUT2D eigenvalue weighted by atomic mass is 9.82. The minimum Gasteiger partial charge on any atom is -0.508 e. The summed E-state index contributed by atoms with van der Waals surface area (Å²) in [7, 11) is 1.71. The first-order valence-corrected chi connectivity index (χ1v) is 7.05. The molecular formula is C16H25NO2. The molecule has 0 aliphatic carbocycles. The molecule has 0 saturated carbocycles. The molecule has 1 aliphatic heterocycles. The van der Waals surface area contributed by atoms with Crippen LogP contribution in [-0.2, 0) is 5.41 Å². The minimum atomic E-state index is -0.0794. The average molecular weight is 263 g/mol. The molecule has 3 heteroatoms. The van der Waals surface area contributed by atoms with Gasteiger partial charge in [-0.2, -0.15) is 0 Å². The third kappa shape index (κ3) is 3.03. The highest BCUT2D eigenvalue weighted by Gasteiger charge is 2.24. The molecule has 1 aromatic rings. The summed E-state index contributed by atoms with van der Waals surface area (Å²) in [6.45, 7) is 8.38. The second kappa shape index (κ2) is 5.41. The molecular weight excluding hydrogens is 238 g/mol. The van der Waals surface area contributed by atoms with Crippen molar-refractivity contribution in [3.05, 3.63) is 23.3 Å². The van der Waals surface area contributed by atoms with Gasteiger partial charge < -0.3 is 15.2 Å². The number of ether oxygens (including phenoxy) is 1. The van der Waals surface area contributed by atoms with Gasteiger partial charge in [0.2, 0.25) is 0 Å². The highest BCUT2D eigenvalue weighted by Crippen LogP contribution is 2.40. The molecule has 2 N–H and O–H groups in total. The van der Waals surface area contributed by atoms with E-state index in [-0.39, 0.29) is 5.41 Å². The number of phenols is 1. The normalized spacial score (nSPS) is 17.5. The van der Waals surface area contributed by atoms with E-state index in [0.717, 1.165) is 42.8 Å². The van der Waals surface area contributed by atoms with Gasteiger partial charge in [0.25, 0.3) is 0 Å². The molecule has 0 bridgehead atoms. The molecule has 1 aliphatic rings. The van der Waals surface area contributed by atoms with E-state index in [4.69, 9.17) is 4.74 Å². The Bertz CT molecular complexity index is 443. The van der Waals surface area contributed by atoms with E-state index in [1.807, 2.05) is 12.1 Å². The SMILES string of the molecule is COc1cc(C(C)(C)C)c(O)cc1C1CCNCC1. The molecule has 2 rings (SSSR count). The number of rotatable bonds is 2. The van der Waals surface area contributed by atoms with Crippen LogP contribution in [0.25, 0.3) is 0 Å². The standard InChI is InChI=1S/C16H25NO2/c1-16(2,3)13-10-15(19-4)12(9-14(13)18)11-5-7-17-8-6-11/h9-11,17-18H,5-8H2,1-4H3. The molecule has 1 saturated heterocycles. The third-order valence-electron chi connectivity index (χ3n) is 3.94. The van der Waals surface area contributed by atoms with E-state index in [1.54, 1.807) is 7.11 Å². The maximum atomic E-state index is 10.3. The molecule has 1 aromatic carbocycles. The van der Waals surface area contributed by atoms with E-state index in [0.29, 0.717) is 11.7 Å². The van der Waals surface area contributed by atoms with Crippen molar-refractivity contribution in [3.8, 4) is 11.5 Å². The summed E-state index contributed by atoms with van der Waals surface area (Å²) in [6, 6.07) is 3.92. The molecule has 0 unspecified atom stereocenters. The fourth-order valence-corrected chi connectivity index (χ4v) is 2.81. The molecule has 0 spiro atoms. The van der Waals surface area contributed by atoms with Crippen LogP contribution in [0.5, 0.6) is 11.5 Å². The number of benzene rings is 1. The van der Waals surface area contributed by atoms with Gasteiger partial charge in [0, 0.05) is 11.1 Å². The summed E-state index contributed by atoms with van der Waals surface area (Å²) in [5.41, 5.74) is 2.01. The zero-order valence-electron chi connectivity index (χ0n) is 12.4. The lowest BCUT2D eigenvalue weighted by Crippen LogP contribution is -2.27. The van der Waals surface area contributed by atoms with Crippen molar-refractivity contribution in [3.63, 3.8) is 0 Å². The average Bonchev–Trinajstić information content (AvgIpc) is 2.38. The number of piperidine rings is 1. The van der Waals surface area contributed by atoms with E-state index < -0.39 is 0 Å². The number of hydrogen-bond donors (Lipinski definition) is 2. The van der Waals surface area contributed by atoms with Crippen LogP contribution in [0.3, 0.4) is 0 Å². The lowest BCUT2D eigenvalue weighted by Gasteiger charge is -2.27. The molecule has 19 heavy (non-hydrogen) atoms. The molecule has 0 atom stereocenters. The molecule has 0 amide bonds. The molecule has 1 fully saturated rings. The van der Waals surface area contributed by atoms with Crippen molar-refractivity contribution in [1.29, 1.82) is 0 Å². The fourth-order valence-electron chi connectivity index (χ4n) is 2.81. The van der Waals surface area contributed by atoms with Gasteiger partial charge in [-0.05, 0) is 49.4 Å². The van der Waals surface area contributed by atoms with Crippen molar-refractivity contribution < 1.29 is 9.84 Å². The molecule has 3 nitrogen and oxygen atoms in total. The van der Waals surface area contributed by atoms with Crippen molar-refractivity contribution in [2.24, 2.45) is 0 Å². The summed E-state index contributed by atoms with van der Waals surface area (Å²) >= 11 is 0. The van der Waals surface area contributed by atoms with E-state index in [2.05, 4.69) is 26.1 Å². The lowest BCUT2D eigenvalue weighted by molar-refractivity contribution is 0.383. The monoisotopic (exact) mass is 263 g/mol. The highest BCUT2D eigenvalue weighted by atomic mass is 16.5. The number of nitrogens with one attached hydrogen (secondary N) is 1. The first-order chi connectivity index (χ1) is 8.93. The zero-order valence-corrected chi connectivity index (χ0v) is 12.4. The summed E-state index contributed by atoms with van der Waals surface area (Å²) in [4.78, 5) is 0. The van der Waals surface area contributed by atoms with Gasteiger partial charge in [0.15, 0.2) is 0 Å². The maximum Gasteiger partial charge on any atom is 0.122 e. The van der Waals surface area contributed by atoms with Gasteiger partial charge in [-0.25, -0.2) is 0 Å². The number of aromatic hydroxyl groups is 1. The maximum absolute atomic E-state index is 10.3. The van der Waals surface area contributed by atoms with Crippen LogP contribution in [0.2, 0.25) is 0 Å². The number of hydrogen-bond acceptors (Lipinski definition) is 3. The fraction of sp³-hybridized carbons (Fsp3) is 0.625. The smallest absolute Gasteiger partial charge is 0.122 e. The van der Waals surface area contributed by atoms with Crippen molar-refractivity contribution in [1.82, 2.24) is 5.32 Å². The van der Waals surface area contributed by atoms with Crippen LogP contribution in [-0.4, -0.2) is 25.3 Å². The Balaban J connectivity index is 2.41. The predicted octanol–water partition coefficient (Wildman–Crippen LogP) is 3.17. The van der Waals surface area contributed by atoms with Gasteiger partial charge in [-0.15, -0.1) is 0 Å². The van der Waals surface area contributed by atoms with Crippen molar-refractivity contribution in [2.75, 3.05) is 20.2 Å². The third-order valence-corrected chi connectivity index (χ3v) is 3.94. The second-order valence-electron chi connectivity index (χ2n) is 6.39. The van der Waals surface area contributed by atoms with E-state index in [9.17, 15) is 5.11 Å². The molecule has 0 aromatic heterocycles. The summed E-state index contributed by atoms with van der Waals surface area (Å²) in [5.74, 6) is 1.78. The first kappa shape index (κ1) is 14.2. The Morgan fingerprint density at radius 2 is 1.84 bits per heavy atom. The quantitative estimate of drug-likeness (QED) is 0.861. The summed E-state index contributed by atoms with van der Waals surface area (Å²) < 4.78 is 5.56. The molecule has 1 heterocycles. The first-order valence-electron chi connectivity index (χ1n) is 7.05. The predicted molar refractivity (Wildman–Crippen MR) is 78.2 cm³/mol. The Labute approximate surface area is 116 Å². The second-order valence-corrected chi connectivity index (χ2v) is 6.39. The van der Waals surface area contributed by atoms with Crippen molar-refractivity contribution >= 4 is 0 Å². The van der Waals surface area contributed by atoms with Crippen LogP contribution in [0.15, 0.2) is 12.1 Å². The Kier molecular flexibility index (Phi) is 4.04. The van der Waals surface area contributed by atoms with Crippen LogP contribution in [0, 0.1) is 0 Å². The number of phenolic OH excluding ortho intramolecular Hbond substituents is 1. The van der Waals surface area contributed by atoms with Crippen LogP contribution in [0.1, 0.15) is 50.7 Å². The minimum absolute atomic E-state index is 0.0794. The van der Waals surface area contributed by atoms with Gasteiger partial charge in [-0.3, -0.25) is 0 Å². The van der Waals surface area contributed by atoms with Gasteiger partial charge in [-0.1, -0.05) is 20.8 Å². The summed E-state index contributed by atoms with van der Waals surface area (Å²) in [6.07, 6.45) is 2.20. The number of methoxy groups -OCH3 is 1. The Morgan fingerprint density at radius 3 is 2.37 bits per heavy atom. The van der Waals surface area contributed by atoms with E-state index >= 15 is 0 Å². The Morgan fingerprint density at radius 1 is 1.21 bits per heavy atom. The van der Waals surface area contributed by atoms with Crippen LogP contribution in [0.4, 0.5) is 0 Å². The van der Waals surface area contributed by atoms with E-state index in [1.165, 1.54) is 0 Å². The Hall–Kier alpha value is -1.22.